The van der Waals surface area contributed by atoms with Crippen LogP contribution in [0.5, 0.6) is 0 Å². The van der Waals surface area contributed by atoms with Gasteiger partial charge in [-0.25, -0.2) is 18.4 Å². The maximum Gasteiger partial charge on any atom is 0.208 e. The Balaban J connectivity index is 1.33. The molecule has 55 heavy (non-hydrogen) atoms. The number of nitrogens with zero attached hydrogens (tertiary/aromatic N) is 2. The lowest BCUT2D eigenvalue weighted by atomic mass is 9.85. The summed E-state index contributed by atoms with van der Waals surface area (Å²) in [5.41, 5.74) is 11.1. The van der Waals surface area contributed by atoms with Crippen LogP contribution in [0, 0.1) is 0 Å². The highest BCUT2D eigenvalue weighted by Gasteiger charge is 2.31. The molecule has 2 heterocycles. The zero-order valence-electron chi connectivity index (χ0n) is 29.6. The molecule has 8 aromatic carbocycles. The molecule has 0 atom stereocenters. The Labute approximate surface area is 320 Å². The second-order valence-electron chi connectivity index (χ2n) is 13.7. The summed E-state index contributed by atoms with van der Waals surface area (Å²) in [4.78, 5) is 10.7. The highest BCUT2D eigenvalue weighted by molar-refractivity contribution is 7.92. The summed E-state index contributed by atoms with van der Waals surface area (Å²) in [6.45, 7) is 0. The number of hydrogen-bond donors (Lipinski definition) is 0. The molecule has 0 saturated carbocycles. The molecule has 10 rings (SSSR count). The third-order valence-corrected chi connectivity index (χ3v) is 12.4. The minimum absolute atomic E-state index is 0.271. The SMILES string of the molecule is O=S1(=O)c2ccccc2-c2ccccc2-c2ccccc2-c2ccc(-c3cc(-c4ccccc4)nc(-c4ccccc4)n3)cc2-c2ccc3ccccc3c21. The third kappa shape index (κ3) is 5.56. The van der Waals surface area contributed by atoms with Crippen LogP contribution in [-0.4, -0.2) is 18.4 Å². The molecule has 1 aromatic heterocycles. The zero-order chi connectivity index (χ0) is 36.9. The van der Waals surface area contributed by atoms with Crippen LogP contribution < -0.4 is 0 Å². The van der Waals surface area contributed by atoms with Gasteiger partial charge in [-0.1, -0.05) is 176 Å². The minimum Gasteiger partial charge on any atom is -0.228 e. The lowest BCUT2D eigenvalue weighted by molar-refractivity contribution is 0.597. The molecule has 0 bridgehead atoms. The number of aromatic nitrogens is 2. The van der Waals surface area contributed by atoms with E-state index in [2.05, 4.69) is 48.5 Å². The molecular weight excluding hydrogens is 693 g/mol. The molecule has 0 amide bonds. The van der Waals surface area contributed by atoms with Gasteiger partial charge >= 0.3 is 0 Å². The molecule has 9 aromatic rings. The van der Waals surface area contributed by atoms with Gasteiger partial charge in [-0.15, -0.1) is 0 Å². The third-order valence-electron chi connectivity index (χ3n) is 10.5. The number of hydrogen-bond acceptors (Lipinski definition) is 4. The fourth-order valence-electron chi connectivity index (χ4n) is 7.91. The molecule has 0 N–H and O–H groups in total. The molecule has 0 aliphatic carbocycles. The second-order valence-corrected chi connectivity index (χ2v) is 15.6. The van der Waals surface area contributed by atoms with Crippen molar-refractivity contribution in [3.05, 3.63) is 194 Å². The van der Waals surface area contributed by atoms with Crippen molar-refractivity contribution < 1.29 is 8.42 Å². The fraction of sp³-hybridized carbons (Fsp3) is 0. The molecular formula is C50H32N2O2S. The summed E-state index contributed by atoms with van der Waals surface area (Å²) in [6, 6.07) is 64.1. The van der Waals surface area contributed by atoms with Crippen LogP contribution >= 0.6 is 0 Å². The molecule has 1 aliphatic rings. The zero-order valence-corrected chi connectivity index (χ0v) is 30.4. The van der Waals surface area contributed by atoms with Crippen LogP contribution in [0.1, 0.15) is 0 Å². The Kier molecular flexibility index (Phi) is 7.82. The van der Waals surface area contributed by atoms with E-state index >= 15 is 8.42 Å². The van der Waals surface area contributed by atoms with Gasteiger partial charge in [-0.2, -0.15) is 0 Å². The predicted molar refractivity (Wildman–Crippen MR) is 223 cm³/mol. The Morgan fingerprint density at radius 1 is 0.345 bits per heavy atom. The molecule has 260 valence electrons. The first-order chi connectivity index (χ1) is 27.0. The first kappa shape index (κ1) is 32.7. The van der Waals surface area contributed by atoms with E-state index in [-0.39, 0.29) is 9.79 Å². The molecule has 0 fully saturated rings. The van der Waals surface area contributed by atoms with E-state index in [1.165, 1.54) is 0 Å². The van der Waals surface area contributed by atoms with Crippen LogP contribution in [0.25, 0.3) is 89.2 Å². The molecule has 5 heteroatoms. The average molecular weight is 725 g/mol. The summed E-state index contributed by atoms with van der Waals surface area (Å²) in [7, 11) is -4.10. The monoisotopic (exact) mass is 724 g/mol. The Morgan fingerprint density at radius 2 is 0.836 bits per heavy atom. The van der Waals surface area contributed by atoms with Gasteiger partial charge in [0.2, 0.25) is 9.84 Å². The normalized spacial score (nSPS) is 12.7. The maximum absolute atomic E-state index is 15.5. The number of fused-ring (bicyclic) bond motifs is 11. The van der Waals surface area contributed by atoms with Crippen LogP contribution in [0.3, 0.4) is 0 Å². The van der Waals surface area contributed by atoms with Gasteiger partial charge in [-0.05, 0) is 57.0 Å². The molecule has 0 unspecified atom stereocenters. The highest BCUT2D eigenvalue weighted by atomic mass is 32.2. The predicted octanol–water partition coefficient (Wildman–Crippen LogP) is 12.4. The minimum atomic E-state index is -4.10. The quantitative estimate of drug-likeness (QED) is 0.182. The van der Waals surface area contributed by atoms with Crippen molar-refractivity contribution in [2.45, 2.75) is 9.79 Å². The van der Waals surface area contributed by atoms with Gasteiger partial charge < -0.3 is 0 Å². The van der Waals surface area contributed by atoms with Gasteiger partial charge in [0.05, 0.1) is 21.2 Å². The topological polar surface area (TPSA) is 59.9 Å². The van der Waals surface area contributed by atoms with Crippen molar-refractivity contribution in [2.24, 2.45) is 0 Å². The van der Waals surface area contributed by atoms with E-state index in [9.17, 15) is 0 Å². The summed E-state index contributed by atoms with van der Waals surface area (Å²) in [5.74, 6) is 0.612. The van der Waals surface area contributed by atoms with E-state index in [0.29, 0.717) is 22.3 Å². The first-order valence-electron chi connectivity index (χ1n) is 18.2. The van der Waals surface area contributed by atoms with Gasteiger partial charge in [0.25, 0.3) is 0 Å². The van der Waals surface area contributed by atoms with Crippen LogP contribution in [0.15, 0.2) is 204 Å². The largest absolute Gasteiger partial charge is 0.228 e. The fourth-order valence-corrected chi connectivity index (χ4v) is 9.80. The van der Waals surface area contributed by atoms with E-state index in [4.69, 9.17) is 9.97 Å². The van der Waals surface area contributed by atoms with Crippen LogP contribution in [0.4, 0.5) is 0 Å². The lowest BCUT2D eigenvalue weighted by Gasteiger charge is -2.19. The molecule has 0 spiro atoms. The van der Waals surface area contributed by atoms with E-state index in [1.807, 2.05) is 140 Å². The number of benzene rings is 8. The highest BCUT2D eigenvalue weighted by Crippen LogP contribution is 2.48. The van der Waals surface area contributed by atoms with E-state index in [0.717, 1.165) is 66.8 Å². The van der Waals surface area contributed by atoms with Gasteiger partial charge in [0.1, 0.15) is 0 Å². The van der Waals surface area contributed by atoms with Crippen LogP contribution in [0.2, 0.25) is 0 Å². The van der Waals surface area contributed by atoms with Crippen LogP contribution in [-0.2, 0) is 9.84 Å². The standard InChI is InChI=1S/C50H32N2O2S/c53-55(54)48-26-14-13-25-43(48)41-24-12-11-22-39(41)38-21-9-10-23-40(38)42-29-28-36(31-45(42)44-30-27-33-15-7-8-20-37(33)49(44)55)47-32-46(34-16-3-1-4-17-34)51-50(52-47)35-18-5-2-6-19-35/h1-32H. The second kappa shape index (κ2) is 13.2. The molecule has 4 nitrogen and oxygen atoms in total. The van der Waals surface area contributed by atoms with Crippen molar-refractivity contribution in [3.63, 3.8) is 0 Å². The van der Waals surface area contributed by atoms with E-state index in [1.54, 1.807) is 6.07 Å². The first-order valence-corrected chi connectivity index (χ1v) is 19.7. The summed E-state index contributed by atoms with van der Waals surface area (Å²) in [6.07, 6.45) is 0. The van der Waals surface area contributed by atoms with Gasteiger partial charge in [0, 0.05) is 33.2 Å². The van der Waals surface area contributed by atoms with Crippen molar-refractivity contribution in [1.82, 2.24) is 9.97 Å². The van der Waals surface area contributed by atoms with Crippen molar-refractivity contribution in [2.75, 3.05) is 0 Å². The van der Waals surface area contributed by atoms with Crippen molar-refractivity contribution in [3.8, 4) is 78.4 Å². The molecule has 0 saturated heterocycles. The Hall–Kier alpha value is -6.95. The lowest BCUT2D eigenvalue weighted by Crippen LogP contribution is -2.07. The van der Waals surface area contributed by atoms with Gasteiger partial charge in [-0.3, -0.25) is 0 Å². The summed E-state index contributed by atoms with van der Waals surface area (Å²) in [5, 5.41) is 1.53. The maximum atomic E-state index is 15.5. The Bertz CT molecular complexity index is 2990. The average Bonchev–Trinajstić information content (AvgIpc) is 3.26. The molecule has 1 aliphatic heterocycles. The number of rotatable bonds is 3. The Morgan fingerprint density at radius 3 is 1.51 bits per heavy atom. The van der Waals surface area contributed by atoms with Crippen molar-refractivity contribution in [1.29, 1.82) is 0 Å². The van der Waals surface area contributed by atoms with Gasteiger partial charge in [0.15, 0.2) is 5.82 Å². The molecule has 0 radical (unpaired) electrons. The number of sulfone groups is 1. The van der Waals surface area contributed by atoms with Crippen molar-refractivity contribution >= 4 is 20.6 Å². The summed E-state index contributed by atoms with van der Waals surface area (Å²) < 4.78 is 31.0. The van der Waals surface area contributed by atoms with E-state index < -0.39 is 9.84 Å². The summed E-state index contributed by atoms with van der Waals surface area (Å²) >= 11 is 0. The smallest absolute Gasteiger partial charge is 0.208 e.